The van der Waals surface area contributed by atoms with Crippen LogP contribution in [0.25, 0.3) is 11.4 Å². The smallest absolute Gasteiger partial charge is 0.236 e. The van der Waals surface area contributed by atoms with Crippen LogP contribution in [0.1, 0.15) is 51.0 Å². The van der Waals surface area contributed by atoms with Crippen LogP contribution in [0.15, 0.2) is 41.6 Å². The number of benzene rings is 1. The fourth-order valence-corrected chi connectivity index (χ4v) is 3.03. The van der Waals surface area contributed by atoms with E-state index >= 15 is 0 Å². The highest BCUT2D eigenvalue weighted by atomic mass is 32.2. The van der Waals surface area contributed by atoms with E-state index in [1.807, 2.05) is 12.4 Å². The number of halogens is 2. The molecule has 0 aliphatic heterocycles. The van der Waals surface area contributed by atoms with Gasteiger partial charge in [0.2, 0.25) is 0 Å². The molecule has 0 fully saturated rings. The van der Waals surface area contributed by atoms with Gasteiger partial charge in [-0.25, -0.2) is 9.97 Å². The molecule has 0 spiro atoms. The molecule has 0 N–H and O–H groups in total. The largest absolute Gasteiger partial charge is 0.288 e. The number of rotatable bonds is 10. The molecule has 5 heteroatoms. The van der Waals surface area contributed by atoms with E-state index in [1.165, 1.54) is 38.5 Å². The molecule has 0 radical (unpaired) electrons. The van der Waals surface area contributed by atoms with Gasteiger partial charge in [0, 0.05) is 22.9 Å². The van der Waals surface area contributed by atoms with Crippen LogP contribution in [-0.4, -0.2) is 15.7 Å². The molecule has 24 heavy (non-hydrogen) atoms. The van der Waals surface area contributed by atoms with Gasteiger partial charge in [-0.15, -0.1) is 0 Å². The molecular weight excluding hydrogens is 326 g/mol. The quantitative estimate of drug-likeness (QED) is 0.368. The van der Waals surface area contributed by atoms with Crippen LogP contribution in [0.3, 0.4) is 0 Å². The van der Waals surface area contributed by atoms with Crippen LogP contribution >= 0.6 is 11.8 Å². The van der Waals surface area contributed by atoms with Crippen LogP contribution in [-0.2, 0) is 6.42 Å². The molecule has 1 heterocycles. The van der Waals surface area contributed by atoms with Crippen molar-refractivity contribution >= 4 is 11.8 Å². The molecule has 130 valence electrons. The van der Waals surface area contributed by atoms with Crippen molar-refractivity contribution in [3.05, 3.63) is 42.2 Å². The lowest BCUT2D eigenvalue weighted by atomic mass is 10.1. The molecule has 0 aliphatic carbocycles. The average Bonchev–Trinajstić information content (AvgIpc) is 2.59. The Kier molecular flexibility index (Phi) is 8.16. The first-order chi connectivity index (χ1) is 11.7. The van der Waals surface area contributed by atoms with Crippen molar-refractivity contribution in [1.29, 1.82) is 0 Å². The zero-order chi connectivity index (χ0) is 17.2. The summed E-state index contributed by atoms with van der Waals surface area (Å²) in [5.74, 6) is -1.76. The van der Waals surface area contributed by atoms with Gasteiger partial charge < -0.3 is 0 Å². The van der Waals surface area contributed by atoms with Gasteiger partial charge in [0.05, 0.1) is 0 Å². The molecule has 0 amide bonds. The maximum atomic E-state index is 12.3. The van der Waals surface area contributed by atoms with Crippen LogP contribution in [0.2, 0.25) is 0 Å². The average molecular weight is 350 g/mol. The second-order valence-corrected chi connectivity index (χ2v) is 6.90. The summed E-state index contributed by atoms with van der Waals surface area (Å²) in [6, 6.07) is 6.93. The van der Waals surface area contributed by atoms with Crippen molar-refractivity contribution < 1.29 is 8.78 Å². The number of alkyl halides is 2. The Morgan fingerprint density at radius 2 is 1.54 bits per heavy atom. The first-order valence-electron chi connectivity index (χ1n) is 8.55. The van der Waals surface area contributed by atoms with Crippen LogP contribution in [0, 0.1) is 0 Å². The standard InChI is InChI=1S/C19H24F2N2S/c1-2-3-4-5-6-7-8-15-13-22-18(23-14-15)16-9-11-17(12-10-16)24-19(20)21/h9-14,19H,2-8H2,1H3. The van der Waals surface area contributed by atoms with E-state index in [2.05, 4.69) is 16.9 Å². The van der Waals surface area contributed by atoms with Gasteiger partial charge >= 0.3 is 0 Å². The van der Waals surface area contributed by atoms with E-state index < -0.39 is 5.76 Å². The normalized spacial score (nSPS) is 11.2. The minimum absolute atomic E-state index is 0.547. The molecule has 0 saturated carbocycles. The van der Waals surface area contributed by atoms with Crippen LogP contribution < -0.4 is 0 Å². The molecule has 0 bridgehead atoms. The van der Waals surface area contributed by atoms with E-state index in [1.54, 1.807) is 24.3 Å². The first-order valence-corrected chi connectivity index (χ1v) is 9.43. The maximum Gasteiger partial charge on any atom is 0.288 e. The van der Waals surface area contributed by atoms with Crippen LogP contribution in [0.5, 0.6) is 0 Å². The fourth-order valence-electron chi connectivity index (χ4n) is 2.53. The van der Waals surface area contributed by atoms with Gasteiger partial charge in [0.25, 0.3) is 5.76 Å². The molecule has 1 aromatic heterocycles. The first kappa shape index (κ1) is 18.8. The van der Waals surface area contributed by atoms with Crippen molar-refractivity contribution in [3.8, 4) is 11.4 Å². The molecule has 0 unspecified atom stereocenters. The number of hydrogen-bond donors (Lipinski definition) is 0. The molecule has 0 saturated heterocycles. The summed E-state index contributed by atoms with van der Waals surface area (Å²) in [6.45, 7) is 2.23. The Balaban J connectivity index is 1.83. The maximum absolute atomic E-state index is 12.3. The Bertz CT molecular complexity index is 585. The Morgan fingerprint density at radius 1 is 0.917 bits per heavy atom. The number of hydrogen-bond acceptors (Lipinski definition) is 3. The third-order valence-electron chi connectivity index (χ3n) is 3.86. The Labute approximate surface area is 147 Å². The summed E-state index contributed by atoms with van der Waals surface area (Å²) in [7, 11) is 0. The highest BCUT2D eigenvalue weighted by Crippen LogP contribution is 2.27. The third kappa shape index (κ3) is 6.56. The molecule has 0 atom stereocenters. The number of aromatic nitrogens is 2. The Hall–Kier alpha value is -1.49. The summed E-state index contributed by atoms with van der Waals surface area (Å²) in [5.41, 5.74) is 2.00. The van der Waals surface area contributed by atoms with Gasteiger partial charge in [-0.3, -0.25) is 0 Å². The number of unbranched alkanes of at least 4 members (excludes halogenated alkanes) is 5. The zero-order valence-electron chi connectivity index (χ0n) is 14.0. The van der Waals surface area contributed by atoms with Gasteiger partial charge in [-0.1, -0.05) is 62.9 Å². The topological polar surface area (TPSA) is 25.8 Å². The highest BCUT2D eigenvalue weighted by Gasteiger charge is 2.06. The lowest BCUT2D eigenvalue weighted by molar-refractivity contribution is 0.252. The van der Waals surface area contributed by atoms with E-state index in [9.17, 15) is 8.78 Å². The second-order valence-electron chi connectivity index (χ2n) is 5.84. The molecule has 2 nitrogen and oxygen atoms in total. The molecular formula is C19H24F2N2S. The summed E-state index contributed by atoms with van der Waals surface area (Å²) in [5, 5.41) is 0. The van der Waals surface area contributed by atoms with Crippen molar-refractivity contribution in [1.82, 2.24) is 9.97 Å². The van der Waals surface area contributed by atoms with E-state index in [0.29, 0.717) is 22.5 Å². The number of thioether (sulfide) groups is 1. The number of nitrogens with zero attached hydrogens (tertiary/aromatic N) is 2. The number of aryl methyl sites for hydroxylation is 1. The third-order valence-corrected chi connectivity index (χ3v) is 4.58. The summed E-state index contributed by atoms with van der Waals surface area (Å²) < 4.78 is 24.6. The van der Waals surface area contributed by atoms with Crippen molar-refractivity contribution in [2.45, 2.75) is 62.5 Å². The SMILES string of the molecule is CCCCCCCCc1cnc(-c2ccc(SC(F)F)cc2)nc1. The molecule has 0 aliphatic rings. The zero-order valence-corrected chi connectivity index (χ0v) is 14.9. The van der Waals surface area contributed by atoms with E-state index in [0.717, 1.165) is 17.5 Å². The van der Waals surface area contributed by atoms with Crippen molar-refractivity contribution in [2.24, 2.45) is 0 Å². The lowest BCUT2D eigenvalue weighted by Gasteiger charge is -2.05. The summed E-state index contributed by atoms with van der Waals surface area (Å²) in [6.07, 6.45) is 12.4. The van der Waals surface area contributed by atoms with E-state index in [-0.39, 0.29) is 0 Å². The predicted molar refractivity (Wildman–Crippen MR) is 96.4 cm³/mol. The Morgan fingerprint density at radius 3 is 2.17 bits per heavy atom. The van der Waals surface area contributed by atoms with Crippen LogP contribution in [0.4, 0.5) is 8.78 Å². The summed E-state index contributed by atoms with van der Waals surface area (Å²) in [4.78, 5) is 9.35. The van der Waals surface area contributed by atoms with E-state index in [4.69, 9.17) is 0 Å². The van der Waals surface area contributed by atoms with Crippen molar-refractivity contribution in [3.63, 3.8) is 0 Å². The van der Waals surface area contributed by atoms with Crippen molar-refractivity contribution in [2.75, 3.05) is 0 Å². The minimum Gasteiger partial charge on any atom is -0.236 e. The molecule has 2 rings (SSSR count). The van der Waals surface area contributed by atoms with Gasteiger partial charge in [-0.2, -0.15) is 8.78 Å². The highest BCUT2D eigenvalue weighted by molar-refractivity contribution is 7.99. The second kappa shape index (κ2) is 10.4. The minimum atomic E-state index is -2.40. The molecule has 2 aromatic rings. The fraction of sp³-hybridized carbons (Fsp3) is 0.474. The van der Waals surface area contributed by atoms with Gasteiger partial charge in [-0.05, 0) is 30.5 Å². The van der Waals surface area contributed by atoms with Gasteiger partial charge in [0.1, 0.15) is 0 Å². The molecule has 1 aromatic carbocycles. The van der Waals surface area contributed by atoms with Gasteiger partial charge in [0.15, 0.2) is 5.82 Å². The summed E-state index contributed by atoms with van der Waals surface area (Å²) >= 11 is 0.547. The lowest BCUT2D eigenvalue weighted by Crippen LogP contribution is -1.93. The monoisotopic (exact) mass is 350 g/mol. The predicted octanol–water partition coefficient (Wildman–Crippen LogP) is 6.36.